The maximum Gasteiger partial charge on any atom is 0.311 e. The molecule has 1 rings (SSSR count). The highest BCUT2D eigenvalue weighted by atomic mass is 35.5. The van der Waals surface area contributed by atoms with E-state index in [4.69, 9.17) is 21.1 Å². The Morgan fingerprint density at radius 3 is 2.43 bits per heavy atom. The Balaban J connectivity index is 2.22. The summed E-state index contributed by atoms with van der Waals surface area (Å²) in [6.07, 6.45) is 2.67. The van der Waals surface area contributed by atoms with Gasteiger partial charge in [0.25, 0.3) is 0 Å². The van der Waals surface area contributed by atoms with E-state index in [-0.39, 0.29) is 18.4 Å². The molecule has 0 radical (unpaired) electrons. The molecule has 0 aliphatic heterocycles. The van der Waals surface area contributed by atoms with Crippen LogP contribution in [0.1, 0.15) is 44.6 Å². The molecule has 1 aromatic rings. The third kappa shape index (κ3) is 7.14. The minimum absolute atomic E-state index is 0.210. The monoisotopic (exact) mass is 312 g/mol. The Labute approximate surface area is 130 Å². The molecule has 4 nitrogen and oxygen atoms in total. The van der Waals surface area contributed by atoms with E-state index in [9.17, 15) is 9.59 Å². The molecule has 5 heteroatoms. The zero-order valence-electron chi connectivity index (χ0n) is 12.5. The summed E-state index contributed by atoms with van der Waals surface area (Å²) in [5, 5.41) is 0.639. The number of esters is 2. The van der Waals surface area contributed by atoms with Gasteiger partial charge >= 0.3 is 11.9 Å². The molecule has 116 valence electrons. The Morgan fingerprint density at radius 2 is 1.81 bits per heavy atom. The fraction of sp³-hybridized carbons (Fsp3) is 0.500. The van der Waals surface area contributed by atoms with Gasteiger partial charge in [-0.15, -0.1) is 0 Å². The van der Waals surface area contributed by atoms with Crippen molar-refractivity contribution in [2.45, 2.75) is 46.0 Å². The quantitative estimate of drug-likeness (QED) is 0.412. The van der Waals surface area contributed by atoms with Crippen molar-refractivity contribution in [3.8, 4) is 5.75 Å². The first-order valence-corrected chi connectivity index (χ1v) is 7.53. The summed E-state index contributed by atoms with van der Waals surface area (Å²) >= 11 is 5.90. The summed E-state index contributed by atoms with van der Waals surface area (Å²) in [6.45, 7) is 4.25. The van der Waals surface area contributed by atoms with Crippen molar-refractivity contribution in [2.75, 3.05) is 6.61 Å². The molecule has 0 heterocycles. The Hall–Kier alpha value is -1.55. The fourth-order valence-corrected chi connectivity index (χ4v) is 1.81. The summed E-state index contributed by atoms with van der Waals surface area (Å²) in [6, 6.07) is 5.08. The molecule has 0 saturated carbocycles. The first-order valence-electron chi connectivity index (χ1n) is 7.15. The topological polar surface area (TPSA) is 52.6 Å². The fourth-order valence-electron chi connectivity index (χ4n) is 1.69. The van der Waals surface area contributed by atoms with Gasteiger partial charge in [-0.3, -0.25) is 9.59 Å². The number of aryl methyl sites for hydroxylation is 1. The number of hydrogen-bond acceptors (Lipinski definition) is 4. The predicted octanol–water partition coefficient (Wildman–Crippen LogP) is 4.07. The van der Waals surface area contributed by atoms with E-state index in [2.05, 4.69) is 0 Å². The predicted molar refractivity (Wildman–Crippen MR) is 81.5 cm³/mol. The lowest BCUT2D eigenvalue weighted by Crippen LogP contribution is -2.09. The highest BCUT2D eigenvalue weighted by molar-refractivity contribution is 6.31. The highest BCUT2D eigenvalue weighted by Gasteiger charge is 2.08. The van der Waals surface area contributed by atoms with Crippen LogP contribution < -0.4 is 4.74 Å². The van der Waals surface area contributed by atoms with Crippen LogP contribution >= 0.6 is 11.6 Å². The molecule has 0 spiro atoms. The molecular formula is C16H21ClO4. The second kappa shape index (κ2) is 9.40. The molecule has 0 aliphatic carbocycles. The minimum Gasteiger partial charge on any atom is -0.466 e. The van der Waals surface area contributed by atoms with E-state index in [1.807, 2.05) is 13.8 Å². The zero-order chi connectivity index (χ0) is 15.7. The Morgan fingerprint density at radius 1 is 1.14 bits per heavy atom. The SMILES string of the molecule is CCCOC(=O)CCCCC(=O)Oc1ccc(Cl)c(C)c1. The summed E-state index contributed by atoms with van der Waals surface area (Å²) in [4.78, 5) is 22.9. The van der Waals surface area contributed by atoms with Crippen molar-refractivity contribution in [3.05, 3.63) is 28.8 Å². The number of unbranched alkanes of at least 4 members (excludes halogenated alkanes) is 1. The minimum atomic E-state index is -0.307. The molecular weight excluding hydrogens is 292 g/mol. The Bertz CT molecular complexity index is 485. The number of carbonyl (C=O) groups is 2. The molecule has 21 heavy (non-hydrogen) atoms. The normalized spacial score (nSPS) is 10.2. The van der Waals surface area contributed by atoms with Crippen LogP contribution in [0.5, 0.6) is 5.75 Å². The number of carbonyl (C=O) groups excluding carboxylic acids is 2. The molecule has 0 saturated heterocycles. The van der Waals surface area contributed by atoms with Gasteiger partial charge in [-0.05, 0) is 49.9 Å². The lowest BCUT2D eigenvalue weighted by atomic mass is 10.2. The smallest absolute Gasteiger partial charge is 0.311 e. The van der Waals surface area contributed by atoms with Crippen molar-refractivity contribution < 1.29 is 19.1 Å². The lowest BCUT2D eigenvalue weighted by Gasteiger charge is -2.06. The summed E-state index contributed by atoms with van der Waals surface area (Å²) in [5.74, 6) is -0.0264. The molecule has 1 aromatic carbocycles. The molecule has 0 aliphatic rings. The van der Waals surface area contributed by atoms with E-state index >= 15 is 0 Å². The van der Waals surface area contributed by atoms with Crippen molar-refractivity contribution in [3.63, 3.8) is 0 Å². The van der Waals surface area contributed by atoms with E-state index in [0.717, 1.165) is 12.0 Å². The van der Waals surface area contributed by atoms with Gasteiger partial charge in [-0.25, -0.2) is 0 Å². The van der Waals surface area contributed by atoms with Crippen molar-refractivity contribution >= 4 is 23.5 Å². The van der Waals surface area contributed by atoms with Crippen molar-refractivity contribution in [2.24, 2.45) is 0 Å². The molecule has 0 unspecified atom stereocenters. The van der Waals surface area contributed by atoms with Crippen LogP contribution in [0.2, 0.25) is 5.02 Å². The summed E-state index contributed by atoms with van der Waals surface area (Å²) in [5.41, 5.74) is 0.862. The second-order valence-corrected chi connectivity index (χ2v) is 5.22. The van der Waals surface area contributed by atoms with Crippen LogP contribution in [-0.2, 0) is 14.3 Å². The number of halogens is 1. The van der Waals surface area contributed by atoms with Crippen LogP contribution in [0.4, 0.5) is 0 Å². The van der Waals surface area contributed by atoms with Gasteiger partial charge in [-0.1, -0.05) is 18.5 Å². The average Bonchev–Trinajstić information content (AvgIpc) is 2.45. The largest absolute Gasteiger partial charge is 0.466 e. The third-order valence-corrected chi connectivity index (χ3v) is 3.26. The number of rotatable bonds is 8. The maximum atomic E-state index is 11.7. The second-order valence-electron chi connectivity index (χ2n) is 4.81. The molecule has 0 aromatic heterocycles. The van der Waals surface area contributed by atoms with E-state index in [0.29, 0.717) is 36.6 Å². The molecule has 0 N–H and O–H groups in total. The average molecular weight is 313 g/mol. The van der Waals surface area contributed by atoms with Crippen molar-refractivity contribution in [1.82, 2.24) is 0 Å². The van der Waals surface area contributed by atoms with Crippen LogP contribution in [0.25, 0.3) is 0 Å². The number of hydrogen-bond donors (Lipinski definition) is 0. The van der Waals surface area contributed by atoms with Crippen LogP contribution in [-0.4, -0.2) is 18.5 Å². The van der Waals surface area contributed by atoms with E-state index in [1.54, 1.807) is 18.2 Å². The van der Waals surface area contributed by atoms with Crippen molar-refractivity contribution in [1.29, 1.82) is 0 Å². The number of ether oxygens (including phenoxy) is 2. The van der Waals surface area contributed by atoms with Gasteiger partial charge in [0.15, 0.2) is 0 Å². The first kappa shape index (κ1) is 17.5. The lowest BCUT2D eigenvalue weighted by molar-refractivity contribution is -0.144. The molecule has 0 fully saturated rings. The van der Waals surface area contributed by atoms with Crippen LogP contribution in [0, 0.1) is 6.92 Å². The first-order chi connectivity index (χ1) is 10.0. The zero-order valence-corrected chi connectivity index (χ0v) is 13.2. The van der Waals surface area contributed by atoms with E-state index < -0.39 is 0 Å². The number of benzene rings is 1. The van der Waals surface area contributed by atoms with Gasteiger partial charge in [-0.2, -0.15) is 0 Å². The highest BCUT2D eigenvalue weighted by Crippen LogP contribution is 2.21. The standard InChI is InChI=1S/C16H21ClO4/c1-3-10-20-15(18)6-4-5-7-16(19)21-13-8-9-14(17)12(2)11-13/h8-9,11H,3-7,10H2,1-2H3. The van der Waals surface area contributed by atoms with E-state index in [1.165, 1.54) is 0 Å². The Kier molecular flexibility index (Phi) is 7.83. The third-order valence-electron chi connectivity index (χ3n) is 2.84. The summed E-state index contributed by atoms with van der Waals surface area (Å²) < 4.78 is 10.2. The summed E-state index contributed by atoms with van der Waals surface area (Å²) in [7, 11) is 0. The van der Waals surface area contributed by atoms with Crippen LogP contribution in [0.15, 0.2) is 18.2 Å². The maximum absolute atomic E-state index is 11.7. The molecule has 0 atom stereocenters. The molecule has 0 bridgehead atoms. The van der Waals surface area contributed by atoms with Gasteiger partial charge < -0.3 is 9.47 Å². The van der Waals surface area contributed by atoms with Gasteiger partial charge in [0.05, 0.1) is 6.61 Å². The van der Waals surface area contributed by atoms with Gasteiger partial charge in [0.1, 0.15) is 5.75 Å². The van der Waals surface area contributed by atoms with Crippen LogP contribution in [0.3, 0.4) is 0 Å². The molecule has 0 amide bonds. The van der Waals surface area contributed by atoms with Gasteiger partial charge in [0, 0.05) is 17.9 Å². The van der Waals surface area contributed by atoms with Gasteiger partial charge in [0.2, 0.25) is 0 Å².